The summed E-state index contributed by atoms with van der Waals surface area (Å²) in [6.07, 6.45) is 5.20. The summed E-state index contributed by atoms with van der Waals surface area (Å²) in [5, 5.41) is 8.02. The quantitative estimate of drug-likeness (QED) is 0.705. The van der Waals surface area contributed by atoms with Gasteiger partial charge in [0.25, 0.3) is 0 Å². The minimum absolute atomic E-state index is 0.0895. The van der Waals surface area contributed by atoms with Crippen molar-refractivity contribution < 1.29 is 4.79 Å². The predicted molar refractivity (Wildman–Crippen MR) is 109 cm³/mol. The van der Waals surface area contributed by atoms with E-state index in [1.807, 2.05) is 42.2 Å². The maximum atomic E-state index is 11.9. The van der Waals surface area contributed by atoms with Crippen molar-refractivity contribution in [2.24, 2.45) is 0 Å². The Balaban J connectivity index is 1.28. The SMILES string of the molecule is Cc1cnn(CCC(=O)NCCCN2CCN(c3ccccc3Cl)CC2)c1. The molecule has 1 aromatic carbocycles. The van der Waals surface area contributed by atoms with Crippen molar-refractivity contribution in [1.29, 1.82) is 0 Å². The smallest absolute Gasteiger partial charge is 0.221 e. The third-order valence-electron chi connectivity index (χ3n) is 4.87. The third-order valence-corrected chi connectivity index (χ3v) is 5.19. The number of para-hydroxylation sites is 1. The zero-order chi connectivity index (χ0) is 19.1. The van der Waals surface area contributed by atoms with Crippen LogP contribution in [0.4, 0.5) is 5.69 Å². The Labute approximate surface area is 166 Å². The number of halogens is 1. The first-order valence-electron chi connectivity index (χ1n) is 9.59. The number of hydrogen-bond acceptors (Lipinski definition) is 4. The number of amides is 1. The normalized spacial score (nSPS) is 15.1. The molecule has 0 atom stereocenters. The molecule has 2 aromatic rings. The van der Waals surface area contributed by atoms with Gasteiger partial charge in [0.15, 0.2) is 0 Å². The van der Waals surface area contributed by atoms with E-state index in [9.17, 15) is 4.79 Å². The van der Waals surface area contributed by atoms with Crippen molar-refractivity contribution in [2.45, 2.75) is 26.3 Å². The fourth-order valence-corrected chi connectivity index (χ4v) is 3.60. The molecule has 1 amide bonds. The lowest BCUT2D eigenvalue weighted by molar-refractivity contribution is -0.121. The van der Waals surface area contributed by atoms with Gasteiger partial charge in [-0.05, 0) is 37.6 Å². The number of rotatable bonds is 8. The van der Waals surface area contributed by atoms with E-state index in [0.717, 1.165) is 62.0 Å². The first-order chi connectivity index (χ1) is 13.1. The molecular weight excluding hydrogens is 362 g/mol. The van der Waals surface area contributed by atoms with E-state index in [1.165, 1.54) is 0 Å². The maximum absolute atomic E-state index is 11.9. The van der Waals surface area contributed by atoms with Crippen LogP contribution in [0.25, 0.3) is 0 Å². The van der Waals surface area contributed by atoms with Crippen LogP contribution in [0.1, 0.15) is 18.4 Å². The molecule has 1 aliphatic rings. The number of carbonyl (C=O) groups is 1. The van der Waals surface area contributed by atoms with Crippen LogP contribution in [-0.2, 0) is 11.3 Å². The van der Waals surface area contributed by atoms with Crippen LogP contribution in [-0.4, -0.2) is 59.9 Å². The Morgan fingerprint density at radius 3 is 2.67 bits per heavy atom. The highest BCUT2D eigenvalue weighted by Gasteiger charge is 2.18. The van der Waals surface area contributed by atoms with Gasteiger partial charge in [0.2, 0.25) is 5.91 Å². The Morgan fingerprint density at radius 1 is 1.19 bits per heavy atom. The van der Waals surface area contributed by atoms with Crippen LogP contribution in [0.2, 0.25) is 5.02 Å². The van der Waals surface area contributed by atoms with Crippen LogP contribution in [0.3, 0.4) is 0 Å². The molecular formula is C20H28ClN5O. The second kappa shape index (κ2) is 9.76. The van der Waals surface area contributed by atoms with E-state index in [-0.39, 0.29) is 5.91 Å². The number of piperazine rings is 1. The van der Waals surface area contributed by atoms with Gasteiger partial charge in [-0.15, -0.1) is 0 Å². The molecule has 1 N–H and O–H groups in total. The van der Waals surface area contributed by atoms with Gasteiger partial charge in [-0.25, -0.2) is 0 Å². The summed E-state index contributed by atoms with van der Waals surface area (Å²) < 4.78 is 1.81. The number of carbonyl (C=O) groups excluding carboxylic acids is 1. The lowest BCUT2D eigenvalue weighted by atomic mass is 10.2. The number of anilines is 1. The zero-order valence-corrected chi connectivity index (χ0v) is 16.7. The Kier molecular flexibility index (Phi) is 7.12. The van der Waals surface area contributed by atoms with Crippen LogP contribution in [0.15, 0.2) is 36.7 Å². The molecule has 1 aromatic heterocycles. The highest BCUT2D eigenvalue weighted by molar-refractivity contribution is 6.33. The van der Waals surface area contributed by atoms with Gasteiger partial charge in [0.1, 0.15) is 0 Å². The molecule has 1 aliphatic heterocycles. The highest BCUT2D eigenvalue weighted by Crippen LogP contribution is 2.25. The monoisotopic (exact) mass is 389 g/mol. The molecule has 0 bridgehead atoms. The Bertz CT molecular complexity index is 739. The molecule has 0 aliphatic carbocycles. The predicted octanol–water partition coefficient (Wildman–Crippen LogP) is 2.56. The van der Waals surface area contributed by atoms with Gasteiger partial charge in [0, 0.05) is 51.9 Å². The lowest BCUT2D eigenvalue weighted by Crippen LogP contribution is -2.47. The maximum Gasteiger partial charge on any atom is 0.221 e. The van der Waals surface area contributed by atoms with Crippen LogP contribution < -0.4 is 10.2 Å². The van der Waals surface area contributed by atoms with Gasteiger partial charge >= 0.3 is 0 Å². The van der Waals surface area contributed by atoms with Crippen molar-refractivity contribution in [2.75, 3.05) is 44.2 Å². The lowest BCUT2D eigenvalue weighted by Gasteiger charge is -2.36. The van der Waals surface area contributed by atoms with Gasteiger partial charge in [-0.2, -0.15) is 5.10 Å². The van der Waals surface area contributed by atoms with Gasteiger partial charge in [-0.3, -0.25) is 14.4 Å². The van der Waals surface area contributed by atoms with E-state index >= 15 is 0 Å². The van der Waals surface area contributed by atoms with Crippen LogP contribution >= 0.6 is 11.6 Å². The average molecular weight is 390 g/mol. The van der Waals surface area contributed by atoms with Crippen molar-refractivity contribution in [3.05, 3.63) is 47.2 Å². The third kappa shape index (κ3) is 5.97. The summed E-state index contributed by atoms with van der Waals surface area (Å²) in [5.74, 6) is 0.0895. The van der Waals surface area contributed by atoms with Crippen molar-refractivity contribution in [1.82, 2.24) is 20.0 Å². The molecule has 2 heterocycles. The van der Waals surface area contributed by atoms with Crippen molar-refractivity contribution in [3.63, 3.8) is 0 Å². The molecule has 146 valence electrons. The van der Waals surface area contributed by atoms with E-state index in [1.54, 1.807) is 0 Å². The standard InChI is InChI=1S/C20H28ClN5O/c1-17-15-23-26(16-17)10-7-20(27)22-8-4-9-24-11-13-25(14-12-24)19-6-3-2-5-18(19)21/h2-3,5-6,15-16H,4,7-14H2,1H3,(H,22,27). The van der Waals surface area contributed by atoms with Crippen molar-refractivity contribution in [3.8, 4) is 0 Å². The number of hydrogen-bond donors (Lipinski definition) is 1. The summed E-state index contributed by atoms with van der Waals surface area (Å²) >= 11 is 6.29. The minimum Gasteiger partial charge on any atom is -0.368 e. The topological polar surface area (TPSA) is 53.4 Å². The number of aromatic nitrogens is 2. The molecule has 27 heavy (non-hydrogen) atoms. The summed E-state index contributed by atoms with van der Waals surface area (Å²) in [4.78, 5) is 16.7. The van der Waals surface area contributed by atoms with E-state index in [0.29, 0.717) is 13.0 Å². The first-order valence-corrected chi connectivity index (χ1v) is 9.97. The van der Waals surface area contributed by atoms with Crippen molar-refractivity contribution >= 4 is 23.2 Å². The molecule has 7 heteroatoms. The Hall–Kier alpha value is -2.05. The highest BCUT2D eigenvalue weighted by atomic mass is 35.5. The summed E-state index contributed by atoms with van der Waals surface area (Å²) in [6.45, 7) is 8.38. The Morgan fingerprint density at radius 2 is 1.96 bits per heavy atom. The second-order valence-electron chi connectivity index (χ2n) is 7.01. The fourth-order valence-electron chi connectivity index (χ4n) is 3.34. The van der Waals surface area contributed by atoms with E-state index < -0.39 is 0 Å². The van der Waals surface area contributed by atoms with Crippen LogP contribution in [0, 0.1) is 6.92 Å². The molecule has 3 rings (SSSR count). The molecule has 0 spiro atoms. The summed E-state index contributed by atoms with van der Waals surface area (Å²) in [5.41, 5.74) is 2.24. The van der Waals surface area contributed by atoms with E-state index in [2.05, 4.69) is 26.3 Å². The number of aryl methyl sites for hydroxylation is 2. The number of benzene rings is 1. The van der Waals surface area contributed by atoms with Crippen LogP contribution in [0.5, 0.6) is 0 Å². The minimum atomic E-state index is 0.0895. The fraction of sp³-hybridized carbons (Fsp3) is 0.500. The summed E-state index contributed by atoms with van der Waals surface area (Å²) in [7, 11) is 0. The van der Waals surface area contributed by atoms with E-state index in [4.69, 9.17) is 11.6 Å². The molecule has 0 saturated carbocycles. The molecule has 1 fully saturated rings. The van der Waals surface area contributed by atoms with Gasteiger partial charge in [0.05, 0.1) is 16.9 Å². The average Bonchev–Trinajstić information content (AvgIpc) is 3.10. The molecule has 1 saturated heterocycles. The second-order valence-corrected chi connectivity index (χ2v) is 7.42. The number of nitrogens with one attached hydrogen (secondary N) is 1. The molecule has 6 nitrogen and oxygen atoms in total. The first kappa shape index (κ1) is 19.7. The molecule has 0 unspecified atom stereocenters. The molecule has 0 radical (unpaired) electrons. The zero-order valence-electron chi connectivity index (χ0n) is 15.9. The number of nitrogens with zero attached hydrogens (tertiary/aromatic N) is 4. The summed E-state index contributed by atoms with van der Waals surface area (Å²) in [6, 6.07) is 8.02. The van der Waals surface area contributed by atoms with Gasteiger partial charge in [-0.1, -0.05) is 23.7 Å². The largest absolute Gasteiger partial charge is 0.368 e. The van der Waals surface area contributed by atoms with Gasteiger partial charge < -0.3 is 10.2 Å².